The molecule has 1 saturated heterocycles. The van der Waals surface area contributed by atoms with Gasteiger partial charge < -0.3 is 14.7 Å². The second kappa shape index (κ2) is 6.13. The monoisotopic (exact) mass is 297 g/mol. The number of anilines is 1. The lowest BCUT2D eigenvalue weighted by Gasteiger charge is -2.18. The number of hydrogen-bond acceptors (Lipinski definition) is 4. The van der Waals surface area contributed by atoms with E-state index in [9.17, 15) is 0 Å². The minimum Gasteiger partial charge on any atom is -0.371 e. The zero-order valence-electron chi connectivity index (χ0n) is 12.9. The van der Waals surface area contributed by atoms with Crippen molar-refractivity contribution in [3.8, 4) is 0 Å². The van der Waals surface area contributed by atoms with Crippen molar-refractivity contribution in [3.63, 3.8) is 0 Å². The summed E-state index contributed by atoms with van der Waals surface area (Å²) in [5.41, 5.74) is 3.95. The molecule has 2 aliphatic heterocycles. The quantitative estimate of drug-likeness (QED) is 0.921. The average Bonchev–Trinajstić information content (AvgIpc) is 3.26. The smallest absolute Gasteiger partial charge is 0.138 e. The van der Waals surface area contributed by atoms with Gasteiger partial charge >= 0.3 is 0 Å². The molecule has 0 aliphatic carbocycles. The van der Waals surface area contributed by atoms with Gasteiger partial charge in [-0.2, -0.15) is 0 Å². The molecule has 0 amide bonds. The van der Waals surface area contributed by atoms with E-state index in [1.165, 1.54) is 24.1 Å². The van der Waals surface area contributed by atoms with Crippen molar-refractivity contribution in [2.75, 3.05) is 24.5 Å². The Bertz CT molecular complexity index is 631. The van der Waals surface area contributed by atoms with Crippen molar-refractivity contribution >= 4 is 5.69 Å². The molecule has 1 atom stereocenters. The van der Waals surface area contributed by atoms with Crippen LogP contribution in [0.25, 0.3) is 0 Å². The first kappa shape index (κ1) is 13.8. The van der Waals surface area contributed by atoms with Crippen molar-refractivity contribution < 1.29 is 4.52 Å². The Morgan fingerprint density at radius 3 is 3.18 bits per heavy atom. The molecule has 116 valence electrons. The van der Waals surface area contributed by atoms with Crippen molar-refractivity contribution in [2.24, 2.45) is 0 Å². The molecule has 1 fully saturated rings. The predicted molar refractivity (Wildman–Crippen MR) is 87.3 cm³/mol. The Labute approximate surface area is 131 Å². The van der Waals surface area contributed by atoms with E-state index < -0.39 is 0 Å². The Kier molecular flexibility index (Phi) is 3.85. The number of benzene rings is 1. The van der Waals surface area contributed by atoms with Gasteiger partial charge in [0, 0.05) is 43.7 Å². The summed E-state index contributed by atoms with van der Waals surface area (Å²) < 4.78 is 5.52. The minimum absolute atomic E-state index is 0.586. The van der Waals surface area contributed by atoms with Crippen molar-refractivity contribution in [1.29, 1.82) is 0 Å². The van der Waals surface area contributed by atoms with E-state index in [1.54, 1.807) is 0 Å². The summed E-state index contributed by atoms with van der Waals surface area (Å²) >= 11 is 0. The summed E-state index contributed by atoms with van der Waals surface area (Å²) in [6.07, 6.45) is 5.62. The van der Waals surface area contributed by atoms with Crippen LogP contribution in [0.3, 0.4) is 0 Å². The molecule has 2 aromatic rings. The van der Waals surface area contributed by atoms with Gasteiger partial charge in [0.2, 0.25) is 0 Å². The van der Waals surface area contributed by atoms with E-state index in [0.29, 0.717) is 6.04 Å². The molecule has 1 aromatic carbocycles. The summed E-state index contributed by atoms with van der Waals surface area (Å²) in [4.78, 5) is 2.45. The Balaban J connectivity index is 1.34. The fourth-order valence-corrected chi connectivity index (χ4v) is 3.64. The van der Waals surface area contributed by atoms with Gasteiger partial charge in [-0.25, -0.2) is 0 Å². The van der Waals surface area contributed by atoms with Gasteiger partial charge in [0.25, 0.3) is 0 Å². The molecule has 4 nitrogen and oxygen atoms in total. The molecule has 1 aromatic heterocycles. The van der Waals surface area contributed by atoms with Gasteiger partial charge in [-0.3, -0.25) is 0 Å². The topological polar surface area (TPSA) is 41.3 Å². The Morgan fingerprint density at radius 1 is 1.32 bits per heavy atom. The van der Waals surface area contributed by atoms with Gasteiger partial charge in [-0.1, -0.05) is 23.4 Å². The maximum atomic E-state index is 5.52. The fourth-order valence-electron chi connectivity index (χ4n) is 3.64. The third-order valence-electron chi connectivity index (χ3n) is 4.84. The molecule has 0 saturated carbocycles. The minimum atomic E-state index is 0.586. The molecular weight excluding hydrogens is 274 g/mol. The molecular formula is C18H23N3O. The molecule has 4 heteroatoms. The van der Waals surface area contributed by atoms with E-state index in [2.05, 4.69) is 45.7 Å². The maximum absolute atomic E-state index is 5.52. The average molecular weight is 297 g/mol. The second-order valence-corrected chi connectivity index (χ2v) is 6.40. The lowest BCUT2D eigenvalue weighted by atomic mass is 10.1. The second-order valence-electron chi connectivity index (χ2n) is 6.40. The first-order valence-corrected chi connectivity index (χ1v) is 8.39. The first-order chi connectivity index (χ1) is 10.9. The highest BCUT2D eigenvalue weighted by atomic mass is 16.5. The normalized spacial score (nSPS) is 20.5. The molecule has 2 aliphatic rings. The van der Waals surface area contributed by atoms with Crippen LogP contribution in [0.4, 0.5) is 5.69 Å². The standard InChI is InChI=1S/C18H23N3O/c1-2-6-18-14(4-1)7-10-21(18)11-8-17-13-16(20-22-17)12-15-5-3-9-19-15/h1-2,4,6,13,15,19H,3,5,7-12H2/t15-/m0/s1. The molecule has 3 heterocycles. The lowest BCUT2D eigenvalue weighted by Crippen LogP contribution is -2.23. The van der Waals surface area contributed by atoms with Gasteiger partial charge in [0.05, 0.1) is 5.69 Å². The number of rotatable bonds is 5. The maximum Gasteiger partial charge on any atom is 0.138 e. The van der Waals surface area contributed by atoms with Crippen molar-refractivity contribution in [2.45, 2.75) is 38.1 Å². The van der Waals surface area contributed by atoms with Gasteiger partial charge in [0.1, 0.15) is 5.76 Å². The molecule has 0 radical (unpaired) electrons. The van der Waals surface area contributed by atoms with Crippen LogP contribution < -0.4 is 10.2 Å². The summed E-state index contributed by atoms with van der Waals surface area (Å²) in [5, 5.41) is 7.75. The summed E-state index contributed by atoms with van der Waals surface area (Å²) in [5.74, 6) is 1.01. The molecule has 0 bridgehead atoms. The highest BCUT2D eigenvalue weighted by Crippen LogP contribution is 2.27. The Hall–Kier alpha value is -1.81. The van der Waals surface area contributed by atoms with Crippen LogP contribution in [-0.4, -0.2) is 30.8 Å². The lowest BCUT2D eigenvalue weighted by molar-refractivity contribution is 0.375. The Morgan fingerprint density at radius 2 is 2.27 bits per heavy atom. The van der Waals surface area contributed by atoms with Crippen LogP contribution in [0.1, 0.15) is 29.9 Å². The van der Waals surface area contributed by atoms with Gasteiger partial charge in [-0.05, 0) is 37.4 Å². The number of para-hydroxylation sites is 1. The molecule has 4 rings (SSSR count). The van der Waals surface area contributed by atoms with E-state index >= 15 is 0 Å². The van der Waals surface area contributed by atoms with Crippen LogP contribution in [0.15, 0.2) is 34.9 Å². The molecule has 0 unspecified atom stereocenters. The number of aromatic nitrogens is 1. The van der Waals surface area contributed by atoms with Crippen LogP contribution in [0.2, 0.25) is 0 Å². The zero-order valence-corrected chi connectivity index (χ0v) is 12.9. The van der Waals surface area contributed by atoms with Gasteiger partial charge in [-0.15, -0.1) is 0 Å². The molecule has 1 N–H and O–H groups in total. The highest BCUT2D eigenvalue weighted by Gasteiger charge is 2.19. The van der Waals surface area contributed by atoms with E-state index in [4.69, 9.17) is 4.52 Å². The van der Waals surface area contributed by atoms with Crippen LogP contribution in [-0.2, 0) is 19.3 Å². The third kappa shape index (κ3) is 2.88. The SMILES string of the molecule is c1ccc2c(c1)CCN2CCc1cc(C[C@@H]2CCCN2)no1. The van der Waals surface area contributed by atoms with Crippen LogP contribution >= 0.6 is 0 Å². The summed E-state index contributed by atoms with van der Waals surface area (Å²) in [6, 6.07) is 11.4. The molecule has 0 spiro atoms. The van der Waals surface area contributed by atoms with Crippen molar-refractivity contribution in [3.05, 3.63) is 47.3 Å². The van der Waals surface area contributed by atoms with E-state index in [1.807, 2.05) is 0 Å². The number of nitrogens with one attached hydrogen (secondary N) is 1. The summed E-state index contributed by atoms with van der Waals surface area (Å²) in [6.45, 7) is 3.27. The summed E-state index contributed by atoms with van der Waals surface area (Å²) in [7, 11) is 0. The number of fused-ring (bicyclic) bond motifs is 1. The largest absolute Gasteiger partial charge is 0.371 e. The number of nitrogens with zero attached hydrogens (tertiary/aromatic N) is 2. The van der Waals surface area contributed by atoms with E-state index in [0.717, 1.165) is 50.4 Å². The van der Waals surface area contributed by atoms with Gasteiger partial charge in [0.15, 0.2) is 0 Å². The highest BCUT2D eigenvalue weighted by molar-refractivity contribution is 5.57. The fraction of sp³-hybridized carbons (Fsp3) is 0.500. The van der Waals surface area contributed by atoms with Crippen LogP contribution in [0.5, 0.6) is 0 Å². The first-order valence-electron chi connectivity index (χ1n) is 8.39. The zero-order chi connectivity index (χ0) is 14.8. The van der Waals surface area contributed by atoms with Crippen molar-refractivity contribution in [1.82, 2.24) is 10.5 Å². The third-order valence-corrected chi connectivity index (χ3v) is 4.84. The molecule has 22 heavy (non-hydrogen) atoms. The predicted octanol–water partition coefficient (Wildman–Crippen LogP) is 2.57. The van der Waals surface area contributed by atoms with Crippen LogP contribution in [0, 0.1) is 0 Å². The number of hydrogen-bond donors (Lipinski definition) is 1. The van der Waals surface area contributed by atoms with E-state index in [-0.39, 0.29) is 0 Å².